The van der Waals surface area contributed by atoms with Crippen molar-refractivity contribution in [2.24, 2.45) is 0 Å². The molecule has 184 valence electrons. The summed E-state index contributed by atoms with van der Waals surface area (Å²) < 4.78 is 12.2. The van der Waals surface area contributed by atoms with Gasteiger partial charge in [-0.3, -0.25) is 0 Å². The van der Waals surface area contributed by atoms with Crippen molar-refractivity contribution in [3.8, 4) is 17.9 Å². The van der Waals surface area contributed by atoms with E-state index in [0.29, 0.717) is 12.2 Å². The second-order valence-corrected chi connectivity index (χ2v) is 9.77. The Balaban J connectivity index is 2.26. The highest BCUT2D eigenvalue weighted by Crippen LogP contribution is 2.26. The van der Waals surface area contributed by atoms with Gasteiger partial charge in [0.15, 0.2) is 0 Å². The zero-order chi connectivity index (χ0) is 25.8. The van der Waals surface area contributed by atoms with Gasteiger partial charge in [-0.25, -0.2) is 4.79 Å². The molecule has 1 unspecified atom stereocenters. The summed E-state index contributed by atoms with van der Waals surface area (Å²) in [6.07, 6.45) is 0.0426. The van der Waals surface area contributed by atoms with E-state index in [0.717, 1.165) is 10.5 Å². The van der Waals surface area contributed by atoms with Crippen molar-refractivity contribution in [3.63, 3.8) is 0 Å². The van der Waals surface area contributed by atoms with Crippen molar-refractivity contribution in [1.29, 1.82) is 10.5 Å². The Kier molecular flexibility index (Phi) is 10.5. The molecule has 0 heterocycles. The Hall–Kier alpha value is -3.66. The highest BCUT2D eigenvalue weighted by Gasteiger charge is 2.26. The predicted octanol–water partition coefficient (Wildman–Crippen LogP) is 4.43. The Morgan fingerprint density at radius 3 is 2.31 bits per heavy atom. The number of rotatable bonds is 10. The number of methoxy groups -OCH3 is 1. The molecule has 2 aromatic rings. The number of nitrogens with one attached hydrogen (secondary N) is 1. The van der Waals surface area contributed by atoms with Crippen LogP contribution in [-0.4, -0.2) is 46.9 Å². The van der Waals surface area contributed by atoms with Crippen LogP contribution in [0.3, 0.4) is 0 Å². The molecule has 35 heavy (non-hydrogen) atoms. The van der Waals surface area contributed by atoms with Crippen molar-refractivity contribution < 1.29 is 19.4 Å². The molecule has 0 fully saturated rings. The van der Waals surface area contributed by atoms with Crippen LogP contribution in [0.5, 0.6) is 5.75 Å². The highest BCUT2D eigenvalue weighted by molar-refractivity contribution is 7.97. The summed E-state index contributed by atoms with van der Waals surface area (Å²) in [5.74, 6) is 0.690. The van der Waals surface area contributed by atoms with Crippen LogP contribution in [-0.2, 0) is 11.2 Å². The number of aliphatic hydroxyl groups excluding tert-OH is 1. The van der Waals surface area contributed by atoms with Gasteiger partial charge >= 0.3 is 6.09 Å². The minimum Gasteiger partial charge on any atom is -0.497 e. The van der Waals surface area contributed by atoms with Crippen LogP contribution in [0.25, 0.3) is 0 Å². The number of carbonyl (C=O) groups is 1. The van der Waals surface area contributed by atoms with Crippen LogP contribution in [0, 0.1) is 22.7 Å². The second-order valence-electron chi connectivity index (χ2n) is 8.64. The minimum atomic E-state index is -1.05. The van der Waals surface area contributed by atoms with Gasteiger partial charge in [0.2, 0.25) is 0 Å². The lowest BCUT2D eigenvalue weighted by Crippen LogP contribution is -2.49. The molecular weight excluding hydrogens is 464 g/mol. The third-order valence-electron chi connectivity index (χ3n) is 4.63. The molecule has 2 N–H and O–H groups in total. The normalized spacial score (nSPS) is 12.3. The van der Waals surface area contributed by atoms with Gasteiger partial charge in [0.1, 0.15) is 29.1 Å². The maximum atomic E-state index is 12.5. The van der Waals surface area contributed by atoms with Gasteiger partial charge in [0.25, 0.3) is 0 Å². The quantitative estimate of drug-likeness (QED) is 0.368. The van der Waals surface area contributed by atoms with Crippen LogP contribution in [0.1, 0.15) is 26.3 Å². The fourth-order valence-electron chi connectivity index (χ4n) is 3.04. The maximum Gasteiger partial charge on any atom is 0.407 e. The van der Waals surface area contributed by atoms with Gasteiger partial charge < -0.3 is 24.2 Å². The topological polar surface area (TPSA) is 119 Å². The third-order valence-corrected chi connectivity index (χ3v) is 5.60. The molecule has 0 saturated heterocycles. The first kappa shape index (κ1) is 27.6. The lowest BCUT2D eigenvalue weighted by molar-refractivity contribution is 0.0413. The van der Waals surface area contributed by atoms with Crippen LogP contribution < -0.4 is 10.1 Å². The molecule has 2 rings (SSSR count). The Morgan fingerprint density at radius 2 is 1.77 bits per heavy atom. The number of nitriles is 2. The largest absolute Gasteiger partial charge is 0.497 e. The van der Waals surface area contributed by atoms with Gasteiger partial charge in [-0.05, 0) is 69.0 Å². The molecule has 8 nitrogen and oxygen atoms in total. The van der Waals surface area contributed by atoms with Crippen molar-refractivity contribution in [2.75, 3.05) is 13.7 Å². The van der Waals surface area contributed by atoms with Crippen LogP contribution in [0.15, 0.2) is 71.3 Å². The first-order valence-electron chi connectivity index (χ1n) is 11.0. The molecule has 0 bridgehead atoms. The lowest BCUT2D eigenvalue weighted by Gasteiger charge is -2.30. The second kappa shape index (κ2) is 13.3. The Labute approximate surface area is 210 Å². The molecule has 0 saturated carbocycles. The van der Waals surface area contributed by atoms with E-state index in [1.165, 1.54) is 18.1 Å². The lowest BCUT2D eigenvalue weighted by atomic mass is 10.0. The molecule has 0 spiro atoms. The summed E-state index contributed by atoms with van der Waals surface area (Å²) in [5, 5.41) is 32.4. The smallest absolute Gasteiger partial charge is 0.407 e. The maximum absolute atomic E-state index is 12.5. The van der Waals surface area contributed by atoms with E-state index in [9.17, 15) is 20.4 Å². The van der Waals surface area contributed by atoms with Gasteiger partial charge in [0, 0.05) is 11.1 Å². The SMILES string of the molecule is COc1ccc(SN(C=C(C#N)C#N)C[C@@H](O)C(Cc2ccccc2)NC(=O)OC(C)(C)C)cc1. The monoisotopic (exact) mass is 494 g/mol. The number of hydrogen-bond acceptors (Lipinski definition) is 8. The first-order valence-corrected chi connectivity index (χ1v) is 11.7. The summed E-state index contributed by atoms with van der Waals surface area (Å²) >= 11 is 1.24. The standard InChI is InChI=1S/C26H30N4O4S/c1-26(2,3)34-25(32)29-23(14-19-8-6-5-7-9-19)24(31)18-30(17-20(15-27)16-28)35-22-12-10-21(33-4)11-13-22/h5-13,17,23-24,31H,14,18H2,1-4H3,(H,29,32)/t23?,24-/m1/s1. The zero-order valence-electron chi connectivity index (χ0n) is 20.3. The molecule has 0 aliphatic heterocycles. The molecule has 2 aromatic carbocycles. The Morgan fingerprint density at radius 1 is 1.14 bits per heavy atom. The number of alkyl carbamates (subject to hydrolysis) is 1. The van der Waals surface area contributed by atoms with E-state index in [4.69, 9.17) is 9.47 Å². The zero-order valence-corrected chi connectivity index (χ0v) is 21.1. The Bertz CT molecular complexity index is 1050. The van der Waals surface area contributed by atoms with Gasteiger partial charge in [0.05, 0.1) is 25.8 Å². The van der Waals surface area contributed by atoms with E-state index in [1.807, 2.05) is 54.6 Å². The number of benzene rings is 2. The fraction of sp³-hybridized carbons (Fsp3) is 0.346. The van der Waals surface area contributed by atoms with Crippen LogP contribution >= 0.6 is 11.9 Å². The molecule has 0 aliphatic rings. The predicted molar refractivity (Wildman–Crippen MR) is 134 cm³/mol. The van der Waals surface area contributed by atoms with Gasteiger partial charge in [-0.1, -0.05) is 30.3 Å². The number of nitrogens with zero attached hydrogens (tertiary/aromatic N) is 3. The third kappa shape index (κ3) is 10.0. The average molecular weight is 495 g/mol. The summed E-state index contributed by atoms with van der Waals surface area (Å²) in [7, 11) is 1.57. The van der Waals surface area contributed by atoms with Crippen LogP contribution in [0.2, 0.25) is 0 Å². The molecule has 1 amide bonds. The summed E-state index contributed by atoms with van der Waals surface area (Å²) in [6.45, 7) is 5.31. The first-order chi connectivity index (χ1) is 16.6. The van der Waals surface area contributed by atoms with Crippen molar-refractivity contribution in [1.82, 2.24) is 9.62 Å². The van der Waals surface area contributed by atoms with E-state index >= 15 is 0 Å². The average Bonchev–Trinajstić information content (AvgIpc) is 2.82. The molecule has 2 atom stereocenters. The number of aliphatic hydroxyl groups is 1. The van der Waals surface area contributed by atoms with E-state index in [-0.39, 0.29) is 12.1 Å². The molecule has 0 radical (unpaired) electrons. The van der Waals surface area contributed by atoms with E-state index in [1.54, 1.807) is 44.3 Å². The number of allylic oxidation sites excluding steroid dienone is 1. The number of hydrogen-bond donors (Lipinski definition) is 2. The number of carbonyl (C=O) groups excluding carboxylic acids is 1. The van der Waals surface area contributed by atoms with Crippen LogP contribution in [0.4, 0.5) is 4.79 Å². The van der Waals surface area contributed by atoms with Crippen molar-refractivity contribution in [2.45, 2.75) is 49.8 Å². The molecular formula is C26H30N4O4S. The summed E-state index contributed by atoms with van der Waals surface area (Å²) in [6, 6.07) is 19.7. The minimum absolute atomic E-state index is 0.0247. The number of ether oxygens (including phenoxy) is 2. The highest BCUT2D eigenvalue weighted by atomic mass is 32.2. The molecule has 9 heteroatoms. The van der Waals surface area contributed by atoms with E-state index in [2.05, 4.69) is 5.32 Å². The van der Waals surface area contributed by atoms with Gasteiger partial charge in [-0.2, -0.15) is 10.5 Å². The van der Waals surface area contributed by atoms with Crippen molar-refractivity contribution >= 4 is 18.0 Å². The number of amides is 1. The van der Waals surface area contributed by atoms with Crippen molar-refractivity contribution in [3.05, 3.63) is 71.9 Å². The summed E-state index contributed by atoms with van der Waals surface area (Å²) in [5.41, 5.74) is 0.116. The molecule has 0 aromatic heterocycles. The molecule has 0 aliphatic carbocycles. The fourth-order valence-corrected chi connectivity index (χ4v) is 3.95. The van der Waals surface area contributed by atoms with Gasteiger partial charge in [-0.15, -0.1) is 0 Å². The summed E-state index contributed by atoms with van der Waals surface area (Å²) in [4.78, 5) is 13.3. The van der Waals surface area contributed by atoms with E-state index < -0.39 is 23.8 Å².